The second-order valence-electron chi connectivity index (χ2n) is 5.86. The number of rotatable bonds is 6. The van der Waals surface area contributed by atoms with Gasteiger partial charge in [0, 0.05) is 17.7 Å². The van der Waals surface area contributed by atoms with Crippen LogP contribution >= 0.6 is 0 Å². The number of ether oxygens (including phenoxy) is 1. The van der Waals surface area contributed by atoms with Crippen LogP contribution in [0, 0.1) is 10.1 Å². The molecule has 1 N–H and O–H groups in total. The first-order valence-electron chi connectivity index (χ1n) is 8.39. The number of carbonyl (C=O) groups is 1. The average molecular weight is 375 g/mol. The Morgan fingerprint density at radius 1 is 1.04 bits per heavy atom. The molecule has 3 rings (SSSR count). The number of nitro groups is 1. The van der Waals surface area contributed by atoms with Crippen LogP contribution in [0.4, 0.5) is 5.69 Å². The summed E-state index contributed by atoms with van der Waals surface area (Å²) in [6, 6.07) is 20.6. The number of nitrogens with one attached hydrogen (secondary N) is 1. The summed E-state index contributed by atoms with van der Waals surface area (Å²) in [5.74, 6) is 0.409. The molecule has 0 saturated heterocycles. The third kappa shape index (κ3) is 4.59. The predicted octanol–water partition coefficient (Wildman–Crippen LogP) is 4.03. The maximum atomic E-state index is 12.3. The minimum atomic E-state index is -0.474. The first-order valence-corrected chi connectivity index (χ1v) is 8.39. The van der Waals surface area contributed by atoms with Crippen molar-refractivity contribution in [3.63, 3.8) is 0 Å². The second kappa shape index (κ2) is 8.59. The molecule has 0 aliphatic rings. The molecule has 7 heteroatoms. The molecule has 0 bridgehead atoms. The van der Waals surface area contributed by atoms with E-state index < -0.39 is 4.92 Å². The number of hydrogen-bond acceptors (Lipinski definition) is 5. The van der Waals surface area contributed by atoms with Gasteiger partial charge in [-0.2, -0.15) is 5.10 Å². The van der Waals surface area contributed by atoms with Gasteiger partial charge in [0.25, 0.3) is 11.6 Å². The first-order chi connectivity index (χ1) is 13.6. The first kappa shape index (κ1) is 18.8. The highest BCUT2D eigenvalue weighted by atomic mass is 16.6. The van der Waals surface area contributed by atoms with Crippen molar-refractivity contribution >= 4 is 17.8 Å². The number of hydrazone groups is 1. The Hall–Kier alpha value is -4.00. The number of carbonyl (C=O) groups excluding carboxylic acids is 1. The van der Waals surface area contributed by atoms with E-state index in [1.807, 2.05) is 30.3 Å². The SMILES string of the molecule is COc1ccc(-c2cccc(C(=O)N/N=C/c3ccc([N+](=O)[O-])cc3)c2)cc1. The molecule has 0 heterocycles. The molecule has 0 atom stereocenters. The van der Waals surface area contributed by atoms with E-state index >= 15 is 0 Å². The quantitative estimate of drug-likeness (QED) is 0.400. The molecule has 0 aliphatic heterocycles. The fraction of sp³-hybridized carbons (Fsp3) is 0.0476. The number of benzene rings is 3. The molecule has 3 aromatic rings. The summed E-state index contributed by atoms with van der Waals surface area (Å²) in [5, 5.41) is 14.5. The monoisotopic (exact) mass is 375 g/mol. The van der Waals surface area contributed by atoms with Gasteiger partial charge in [0.15, 0.2) is 0 Å². The van der Waals surface area contributed by atoms with Crippen molar-refractivity contribution in [2.75, 3.05) is 7.11 Å². The Labute approximate surface area is 161 Å². The summed E-state index contributed by atoms with van der Waals surface area (Å²) in [6.45, 7) is 0. The Morgan fingerprint density at radius 3 is 2.39 bits per heavy atom. The van der Waals surface area contributed by atoms with Crippen LogP contribution in [-0.2, 0) is 0 Å². The van der Waals surface area contributed by atoms with Crippen LogP contribution in [0.2, 0.25) is 0 Å². The molecule has 0 saturated carbocycles. The Kier molecular flexibility index (Phi) is 5.76. The van der Waals surface area contributed by atoms with E-state index in [4.69, 9.17) is 4.74 Å². The van der Waals surface area contributed by atoms with Crippen molar-refractivity contribution in [1.29, 1.82) is 0 Å². The number of methoxy groups -OCH3 is 1. The molecule has 3 aromatic carbocycles. The van der Waals surface area contributed by atoms with E-state index in [0.717, 1.165) is 16.9 Å². The minimum Gasteiger partial charge on any atom is -0.497 e. The van der Waals surface area contributed by atoms with Gasteiger partial charge >= 0.3 is 0 Å². The standard InChI is InChI=1S/C21H17N3O4/c1-28-20-11-7-16(8-12-20)17-3-2-4-18(13-17)21(25)23-22-14-15-5-9-19(10-6-15)24(26)27/h2-14H,1H3,(H,23,25)/b22-14+. The van der Waals surface area contributed by atoms with E-state index in [2.05, 4.69) is 10.5 Å². The number of amides is 1. The highest BCUT2D eigenvalue weighted by Gasteiger charge is 2.07. The zero-order valence-corrected chi connectivity index (χ0v) is 15.0. The van der Waals surface area contributed by atoms with Crippen molar-refractivity contribution in [2.45, 2.75) is 0 Å². The number of non-ortho nitro benzene ring substituents is 1. The predicted molar refractivity (Wildman–Crippen MR) is 107 cm³/mol. The smallest absolute Gasteiger partial charge is 0.271 e. The fourth-order valence-corrected chi connectivity index (χ4v) is 2.54. The van der Waals surface area contributed by atoms with Crippen molar-refractivity contribution < 1.29 is 14.5 Å². The van der Waals surface area contributed by atoms with Gasteiger partial charge in [0.05, 0.1) is 18.2 Å². The highest BCUT2D eigenvalue weighted by Crippen LogP contribution is 2.23. The molecule has 0 radical (unpaired) electrons. The maximum absolute atomic E-state index is 12.3. The number of nitro benzene ring substituents is 1. The summed E-state index contributed by atoms with van der Waals surface area (Å²) in [6.07, 6.45) is 1.43. The van der Waals surface area contributed by atoms with Gasteiger partial charge in [-0.1, -0.05) is 24.3 Å². The van der Waals surface area contributed by atoms with Gasteiger partial charge in [-0.05, 0) is 53.1 Å². The van der Waals surface area contributed by atoms with Crippen LogP contribution in [0.15, 0.2) is 77.9 Å². The van der Waals surface area contributed by atoms with Crippen molar-refractivity contribution in [3.8, 4) is 16.9 Å². The molecule has 0 aromatic heterocycles. The lowest BCUT2D eigenvalue weighted by molar-refractivity contribution is -0.384. The van der Waals surface area contributed by atoms with Crippen LogP contribution in [0.25, 0.3) is 11.1 Å². The summed E-state index contributed by atoms with van der Waals surface area (Å²) in [4.78, 5) is 22.5. The van der Waals surface area contributed by atoms with E-state index in [-0.39, 0.29) is 11.6 Å². The Morgan fingerprint density at radius 2 is 1.75 bits per heavy atom. The van der Waals surface area contributed by atoms with Crippen LogP contribution in [-0.4, -0.2) is 24.2 Å². The molecule has 140 valence electrons. The zero-order chi connectivity index (χ0) is 19.9. The number of hydrogen-bond donors (Lipinski definition) is 1. The van der Waals surface area contributed by atoms with Gasteiger partial charge in [-0.15, -0.1) is 0 Å². The highest BCUT2D eigenvalue weighted by molar-refractivity contribution is 5.96. The van der Waals surface area contributed by atoms with Crippen LogP contribution < -0.4 is 10.2 Å². The average Bonchev–Trinajstić information content (AvgIpc) is 2.74. The van der Waals surface area contributed by atoms with Gasteiger partial charge in [-0.25, -0.2) is 5.43 Å². The van der Waals surface area contributed by atoms with Gasteiger partial charge < -0.3 is 4.74 Å². The topological polar surface area (TPSA) is 93.8 Å². The Balaban J connectivity index is 1.67. The third-order valence-corrected chi connectivity index (χ3v) is 4.03. The molecule has 0 spiro atoms. The summed E-state index contributed by atoms with van der Waals surface area (Å²) in [7, 11) is 1.61. The van der Waals surface area contributed by atoms with Crippen LogP contribution in [0.1, 0.15) is 15.9 Å². The lowest BCUT2D eigenvalue weighted by Crippen LogP contribution is -2.17. The number of nitrogens with zero attached hydrogens (tertiary/aromatic N) is 2. The third-order valence-electron chi connectivity index (χ3n) is 4.03. The van der Waals surface area contributed by atoms with E-state index in [1.165, 1.54) is 18.3 Å². The second-order valence-corrected chi connectivity index (χ2v) is 5.86. The summed E-state index contributed by atoms with van der Waals surface area (Å²) < 4.78 is 5.15. The largest absolute Gasteiger partial charge is 0.497 e. The molecule has 0 unspecified atom stereocenters. The fourth-order valence-electron chi connectivity index (χ4n) is 2.54. The van der Waals surface area contributed by atoms with Gasteiger partial charge in [0.2, 0.25) is 0 Å². The lowest BCUT2D eigenvalue weighted by Gasteiger charge is -2.06. The molecule has 0 aliphatic carbocycles. The van der Waals surface area contributed by atoms with E-state index in [1.54, 1.807) is 37.4 Å². The molecular formula is C21H17N3O4. The minimum absolute atomic E-state index is 0.00321. The van der Waals surface area contributed by atoms with E-state index in [9.17, 15) is 14.9 Å². The van der Waals surface area contributed by atoms with Crippen molar-refractivity contribution in [3.05, 3.63) is 94.0 Å². The van der Waals surface area contributed by atoms with Gasteiger partial charge in [-0.3, -0.25) is 14.9 Å². The Bertz CT molecular complexity index is 1010. The molecule has 7 nitrogen and oxygen atoms in total. The molecule has 28 heavy (non-hydrogen) atoms. The maximum Gasteiger partial charge on any atom is 0.271 e. The van der Waals surface area contributed by atoms with Crippen LogP contribution in [0.3, 0.4) is 0 Å². The van der Waals surface area contributed by atoms with E-state index in [0.29, 0.717) is 11.1 Å². The molecule has 1 amide bonds. The summed E-state index contributed by atoms with van der Waals surface area (Å²) >= 11 is 0. The zero-order valence-electron chi connectivity index (χ0n) is 15.0. The normalized spacial score (nSPS) is 10.6. The lowest BCUT2D eigenvalue weighted by atomic mass is 10.0. The van der Waals surface area contributed by atoms with Crippen molar-refractivity contribution in [1.82, 2.24) is 5.43 Å². The molecular weight excluding hydrogens is 358 g/mol. The molecule has 0 fully saturated rings. The van der Waals surface area contributed by atoms with Crippen molar-refractivity contribution in [2.24, 2.45) is 5.10 Å². The van der Waals surface area contributed by atoms with Crippen LogP contribution in [0.5, 0.6) is 5.75 Å². The van der Waals surface area contributed by atoms with Gasteiger partial charge in [0.1, 0.15) is 5.75 Å². The summed E-state index contributed by atoms with van der Waals surface area (Å²) in [5.41, 5.74) is 5.42.